The molecule has 0 aliphatic carbocycles. The van der Waals surface area contributed by atoms with Crippen molar-refractivity contribution in [2.24, 2.45) is 0 Å². The molecule has 20 heavy (non-hydrogen) atoms. The van der Waals surface area contributed by atoms with Crippen LogP contribution in [-0.4, -0.2) is 54.9 Å². The summed E-state index contributed by atoms with van der Waals surface area (Å²) in [6.07, 6.45) is 0. The first-order chi connectivity index (χ1) is 9.60. The van der Waals surface area contributed by atoms with Gasteiger partial charge in [-0.05, 0) is 24.6 Å². The van der Waals surface area contributed by atoms with E-state index in [-0.39, 0.29) is 25.1 Å². The van der Waals surface area contributed by atoms with Gasteiger partial charge >= 0.3 is 0 Å². The normalized spacial score (nSPS) is 19.9. The average Bonchev–Trinajstić information content (AvgIpc) is 2.42. The maximum atomic E-state index is 12.0. The van der Waals surface area contributed by atoms with Gasteiger partial charge in [-0.3, -0.25) is 9.69 Å². The highest BCUT2D eigenvalue weighted by Gasteiger charge is 2.24. The third kappa shape index (κ3) is 3.93. The molecular weight excluding hydrogens is 280 g/mol. The Labute approximate surface area is 123 Å². The predicted octanol–water partition coefficient (Wildman–Crippen LogP) is 1.28. The van der Waals surface area contributed by atoms with E-state index in [2.05, 4.69) is 5.32 Å². The van der Waals surface area contributed by atoms with Crippen LogP contribution in [0, 0.1) is 6.92 Å². The van der Waals surface area contributed by atoms with Gasteiger partial charge < -0.3 is 15.2 Å². The van der Waals surface area contributed by atoms with Crippen LogP contribution in [0.4, 0.5) is 5.69 Å². The fourth-order valence-corrected chi connectivity index (χ4v) is 2.44. The van der Waals surface area contributed by atoms with Crippen molar-refractivity contribution in [1.82, 2.24) is 4.90 Å². The molecule has 2 rings (SSSR count). The smallest absolute Gasteiger partial charge is 0.238 e. The first-order valence-corrected chi connectivity index (χ1v) is 6.96. The summed E-state index contributed by atoms with van der Waals surface area (Å²) in [6.45, 7) is 3.82. The summed E-state index contributed by atoms with van der Waals surface area (Å²) in [4.78, 5) is 14.0. The number of nitrogens with zero attached hydrogens (tertiary/aromatic N) is 1. The molecule has 1 aliphatic rings. The highest BCUT2D eigenvalue weighted by molar-refractivity contribution is 6.33. The fourth-order valence-electron chi connectivity index (χ4n) is 2.16. The summed E-state index contributed by atoms with van der Waals surface area (Å²) in [5, 5.41) is 12.6. The van der Waals surface area contributed by atoms with E-state index in [1.54, 1.807) is 6.07 Å². The molecule has 0 bridgehead atoms. The standard InChI is InChI=1S/C14H19ClN2O3/c1-10-2-3-13(12(15)6-10)16-14(19)7-17-4-5-20-9-11(17)8-18/h2-3,6,11,18H,4-5,7-9H2,1H3,(H,16,19). The number of morpholine rings is 1. The van der Waals surface area contributed by atoms with E-state index in [1.165, 1.54) is 0 Å². The highest BCUT2D eigenvalue weighted by Crippen LogP contribution is 2.22. The van der Waals surface area contributed by atoms with Crippen LogP contribution < -0.4 is 5.32 Å². The molecule has 1 amide bonds. The van der Waals surface area contributed by atoms with Gasteiger partial charge in [-0.2, -0.15) is 0 Å². The molecule has 1 aromatic rings. The summed E-state index contributed by atoms with van der Waals surface area (Å²) in [5.74, 6) is -0.142. The molecule has 110 valence electrons. The average molecular weight is 299 g/mol. The van der Waals surface area contributed by atoms with E-state index in [9.17, 15) is 9.90 Å². The number of hydrogen-bond donors (Lipinski definition) is 2. The molecule has 2 N–H and O–H groups in total. The first kappa shape index (κ1) is 15.3. The topological polar surface area (TPSA) is 61.8 Å². The predicted molar refractivity (Wildman–Crippen MR) is 78.1 cm³/mol. The van der Waals surface area contributed by atoms with Crippen LogP contribution in [-0.2, 0) is 9.53 Å². The van der Waals surface area contributed by atoms with Crippen molar-refractivity contribution >= 4 is 23.2 Å². The molecule has 1 aliphatic heterocycles. The van der Waals surface area contributed by atoms with Gasteiger partial charge in [-0.25, -0.2) is 0 Å². The third-order valence-corrected chi connectivity index (χ3v) is 3.62. The zero-order valence-corrected chi connectivity index (χ0v) is 12.2. The number of aliphatic hydroxyl groups is 1. The zero-order chi connectivity index (χ0) is 14.5. The van der Waals surface area contributed by atoms with E-state index in [0.717, 1.165) is 5.56 Å². The molecule has 1 aromatic carbocycles. The number of aliphatic hydroxyl groups excluding tert-OH is 1. The van der Waals surface area contributed by atoms with Crippen LogP contribution >= 0.6 is 11.6 Å². The molecule has 0 aromatic heterocycles. The molecule has 1 fully saturated rings. The molecule has 1 saturated heterocycles. The van der Waals surface area contributed by atoms with Crippen molar-refractivity contribution in [3.05, 3.63) is 28.8 Å². The van der Waals surface area contributed by atoms with Gasteiger partial charge in [0.1, 0.15) is 0 Å². The Balaban J connectivity index is 1.94. The number of hydrogen-bond acceptors (Lipinski definition) is 4. The van der Waals surface area contributed by atoms with Crippen LogP contribution in [0.25, 0.3) is 0 Å². The van der Waals surface area contributed by atoms with Crippen LogP contribution in [0.15, 0.2) is 18.2 Å². The number of amides is 1. The van der Waals surface area contributed by atoms with Gasteiger partial charge in [0.05, 0.1) is 43.1 Å². The van der Waals surface area contributed by atoms with Crippen LogP contribution in [0.3, 0.4) is 0 Å². The molecule has 1 atom stereocenters. The van der Waals surface area contributed by atoms with Gasteiger partial charge in [0.25, 0.3) is 0 Å². The molecule has 6 heteroatoms. The largest absolute Gasteiger partial charge is 0.395 e. The number of aryl methyl sites for hydroxylation is 1. The maximum Gasteiger partial charge on any atom is 0.238 e. The number of carbonyl (C=O) groups is 1. The van der Waals surface area contributed by atoms with Crippen molar-refractivity contribution in [3.8, 4) is 0 Å². The summed E-state index contributed by atoms with van der Waals surface area (Å²) < 4.78 is 5.28. The second kappa shape index (κ2) is 7.04. The molecule has 1 unspecified atom stereocenters. The second-order valence-corrected chi connectivity index (χ2v) is 5.32. The zero-order valence-electron chi connectivity index (χ0n) is 11.4. The van der Waals surface area contributed by atoms with Crippen LogP contribution in [0.5, 0.6) is 0 Å². The summed E-state index contributed by atoms with van der Waals surface area (Å²) >= 11 is 6.08. The minimum atomic E-state index is -0.142. The third-order valence-electron chi connectivity index (χ3n) is 3.31. The van der Waals surface area contributed by atoms with E-state index in [4.69, 9.17) is 16.3 Å². The number of nitrogens with one attached hydrogen (secondary N) is 1. The SMILES string of the molecule is Cc1ccc(NC(=O)CN2CCOCC2CO)c(Cl)c1. The lowest BCUT2D eigenvalue weighted by Crippen LogP contribution is -2.50. The number of anilines is 1. The maximum absolute atomic E-state index is 12.0. The Morgan fingerprint density at radius 2 is 2.40 bits per heavy atom. The fraction of sp³-hybridized carbons (Fsp3) is 0.500. The van der Waals surface area contributed by atoms with Gasteiger partial charge in [-0.15, -0.1) is 0 Å². The minimum Gasteiger partial charge on any atom is -0.395 e. The molecule has 5 nitrogen and oxygen atoms in total. The minimum absolute atomic E-state index is 0.0153. The monoisotopic (exact) mass is 298 g/mol. The van der Waals surface area contributed by atoms with Crippen molar-refractivity contribution in [1.29, 1.82) is 0 Å². The summed E-state index contributed by atoms with van der Waals surface area (Å²) in [5.41, 5.74) is 1.65. The Morgan fingerprint density at radius 1 is 1.60 bits per heavy atom. The Bertz CT molecular complexity index is 481. The summed E-state index contributed by atoms with van der Waals surface area (Å²) in [6, 6.07) is 5.37. The van der Waals surface area contributed by atoms with Gasteiger partial charge in [0, 0.05) is 6.54 Å². The van der Waals surface area contributed by atoms with Crippen LogP contribution in [0.2, 0.25) is 5.02 Å². The number of benzene rings is 1. The molecular formula is C14H19ClN2O3. The lowest BCUT2D eigenvalue weighted by molar-refractivity contribution is -0.120. The molecule has 0 radical (unpaired) electrons. The molecule has 0 spiro atoms. The van der Waals surface area contributed by atoms with E-state index < -0.39 is 0 Å². The van der Waals surface area contributed by atoms with Crippen molar-refractivity contribution in [2.75, 3.05) is 38.2 Å². The lowest BCUT2D eigenvalue weighted by atomic mass is 10.2. The van der Waals surface area contributed by atoms with Crippen LogP contribution in [0.1, 0.15) is 5.56 Å². The Kier molecular flexibility index (Phi) is 5.37. The summed E-state index contributed by atoms with van der Waals surface area (Å²) in [7, 11) is 0. The van der Waals surface area contributed by atoms with Crippen molar-refractivity contribution in [3.63, 3.8) is 0 Å². The number of carbonyl (C=O) groups excluding carboxylic acids is 1. The van der Waals surface area contributed by atoms with E-state index in [1.807, 2.05) is 24.0 Å². The van der Waals surface area contributed by atoms with Gasteiger partial charge in [0.2, 0.25) is 5.91 Å². The Morgan fingerprint density at radius 3 is 3.10 bits per heavy atom. The molecule has 1 heterocycles. The first-order valence-electron chi connectivity index (χ1n) is 6.59. The van der Waals surface area contributed by atoms with Gasteiger partial charge in [0.15, 0.2) is 0 Å². The van der Waals surface area contributed by atoms with E-state index >= 15 is 0 Å². The number of halogens is 1. The molecule has 0 saturated carbocycles. The van der Waals surface area contributed by atoms with E-state index in [0.29, 0.717) is 30.5 Å². The quantitative estimate of drug-likeness (QED) is 0.879. The Hall–Kier alpha value is -1.14. The highest BCUT2D eigenvalue weighted by atomic mass is 35.5. The van der Waals surface area contributed by atoms with Crippen molar-refractivity contribution in [2.45, 2.75) is 13.0 Å². The number of ether oxygens (including phenoxy) is 1. The van der Waals surface area contributed by atoms with Crippen molar-refractivity contribution < 1.29 is 14.6 Å². The second-order valence-electron chi connectivity index (χ2n) is 4.91. The lowest BCUT2D eigenvalue weighted by Gasteiger charge is -2.33. The van der Waals surface area contributed by atoms with Gasteiger partial charge in [-0.1, -0.05) is 17.7 Å². The number of rotatable bonds is 4.